The van der Waals surface area contributed by atoms with Crippen LogP contribution in [0.1, 0.15) is 56.4 Å². The predicted molar refractivity (Wildman–Crippen MR) is 108 cm³/mol. The van der Waals surface area contributed by atoms with E-state index < -0.39 is 0 Å². The van der Waals surface area contributed by atoms with E-state index in [1.54, 1.807) is 0 Å². The Bertz CT molecular complexity index is 876. The van der Waals surface area contributed by atoms with Gasteiger partial charge in [0.05, 0.1) is 12.5 Å². The minimum Gasteiger partial charge on any atom is -0.374 e. The summed E-state index contributed by atoms with van der Waals surface area (Å²) in [5, 5.41) is 12.2. The quantitative estimate of drug-likeness (QED) is 0.868. The number of rotatable bonds is 4. The molecule has 0 unspecified atom stereocenters. The maximum Gasteiger partial charge on any atom is 0.161 e. The standard InChI is InChI=1S/C23H25N3O2/c1-26(14-4-13-24)16-11-9-15(10-12-16)21-22-17(5-2-7-19(22)27)25-18-6-3-8-20(28)23(18)21/h9-12,21,25H,2-8,14H2,1H3. The molecule has 1 aromatic rings. The highest BCUT2D eigenvalue weighted by atomic mass is 16.1. The van der Waals surface area contributed by atoms with Gasteiger partial charge in [0.25, 0.3) is 0 Å². The number of allylic oxidation sites excluding steroid dienone is 4. The fraction of sp³-hybridized carbons (Fsp3) is 0.435. The molecular formula is C23H25N3O2. The molecule has 2 aliphatic carbocycles. The van der Waals surface area contributed by atoms with Crippen molar-refractivity contribution in [1.82, 2.24) is 5.32 Å². The lowest BCUT2D eigenvalue weighted by Crippen LogP contribution is -2.36. The third-order valence-electron chi connectivity index (χ3n) is 6.02. The monoisotopic (exact) mass is 375 g/mol. The number of nitriles is 1. The van der Waals surface area contributed by atoms with E-state index in [1.165, 1.54) is 0 Å². The molecule has 3 aliphatic rings. The molecule has 0 bridgehead atoms. The van der Waals surface area contributed by atoms with Crippen LogP contribution in [0.5, 0.6) is 0 Å². The van der Waals surface area contributed by atoms with Gasteiger partial charge in [0.15, 0.2) is 11.6 Å². The van der Waals surface area contributed by atoms with Crippen LogP contribution in [0.15, 0.2) is 46.8 Å². The minimum atomic E-state index is -0.245. The average molecular weight is 375 g/mol. The molecule has 0 atom stereocenters. The first kappa shape index (κ1) is 18.5. The van der Waals surface area contributed by atoms with Gasteiger partial charge in [-0.2, -0.15) is 5.26 Å². The highest BCUT2D eigenvalue weighted by molar-refractivity contribution is 6.06. The van der Waals surface area contributed by atoms with Gasteiger partial charge in [-0.15, -0.1) is 0 Å². The minimum absolute atomic E-state index is 0.166. The van der Waals surface area contributed by atoms with Gasteiger partial charge in [0, 0.05) is 60.6 Å². The van der Waals surface area contributed by atoms with Crippen LogP contribution >= 0.6 is 0 Å². The van der Waals surface area contributed by atoms with Gasteiger partial charge in [-0.1, -0.05) is 12.1 Å². The summed E-state index contributed by atoms with van der Waals surface area (Å²) in [6.45, 7) is 0.671. The highest BCUT2D eigenvalue weighted by Crippen LogP contribution is 2.45. The van der Waals surface area contributed by atoms with Gasteiger partial charge in [0.2, 0.25) is 0 Å². The van der Waals surface area contributed by atoms with Gasteiger partial charge in [-0.05, 0) is 43.4 Å². The van der Waals surface area contributed by atoms with Crippen molar-refractivity contribution in [3.05, 3.63) is 52.4 Å². The van der Waals surface area contributed by atoms with E-state index in [4.69, 9.17) is 5.26 Å². The fourth-order valence-electron chi connectivity index (χ4n) is 4.58. The van der Waals surface area contributed by atoms with E-state index in [0.717, 1.165) is 59.5 Å². The summed E-state index contributed by atoms with van der Waals surface area (Å²) in [7, 11) is 1.97. The van der Waals surface area contributed by atoms with E-state index >= 15 is 0 Å². The van der Waals surface area contributed by atoms with Crippen LogP contribution in [-0.2, 0) is 9.59 Å². The number of nitrogens with zero attached hydrogens (tertiary/aromatic N) is 2. The Morgan fingerprint density at radius 1 is 1.00 bits per heavy atom. The molecule has 4 rings (SSSR count). The molecule has 0 fully saturated rings. The maximum atomic E-state index is 12.8. The Kier molecular flexibility index (Phi) is 5.04. The topological polar surface area (TPSA) is 73.2 Å². The van der Waals surface area contributed by atoms with Crippen LogP contribution < -0.4 is 10.2 Å². The van der Waals surface area contributed by atoms with Crippen LogP contribution in [0.3, 0.4) is 0 Å². The Morgan fingerprint density at radius 2 is 1.57 bits per heavy atom. The molecule has 1 aliphatic heterocycles. The average Bonchev–Trinajstić information content (AvgIpc) is 2.71. The molecule has 1 aromatic carbocycles. The summed E-state index contributed by atoms with van der Waals surface area (Å²) in [4.78, 5) is 27.7. The number of anilines is 1. The number of dihydropyridines is 1. The SMILES string of the molecule is CN(CCC#N)c1ccc(C2C3=C(CCCC3=O)NC3=C2C(=O)CCC3)cc1. The Balaban J connectivity index is 1.74. The lowest BCUT2D eigenvalue weighted by Gasteiger charge is -2.37. The summed E-state index contributed by atoms with van der Waals surface area (Å²) in [5.41, 5.74) is 5.66. The second kappa shape index (κ2) is 7.63. The van der Waals surface area contributed by atoms with Crippen molar-refractivity contribution in [2.75, 3.05) is 18.5 Å². The number of hydrogen-bond acceptors (Lipinski definition) is 5. The molecule has 5 heteroatoms. The zero-order chi connectivity index (χ0) is 19.7. The Hall–Kier alpha value is -2.87. The molecule has 0 radical (unpaired) electrons. The first-order valence-corrected chi connectivity index (χ1v) is 10.1. The number of carbonyl (C=O) groups excluding carboxylic acids is 2. The third kappa shape index (κ3) is 3.24. The van der Waals surface area contributed by atoms with Crippen LogP contribution in [-0.4, -0.2) is 25.2 Å². The van der Waals surface area contributed by atoms with Crippen molar-refractivity contribution >= 4 is 17.3 Å². The van der Waals surface area contributed by atoms with Crippen LogP contribution in [0.2, 0.25) is 0 Å². The zero-order valence-corrected chi connectivity index (χ0v) is 16.3. The van der Waals surface area contributed by atoms with Gasteiger partial charge in [-0.3, -0.25) is 9.59 Å². The van der Waals surface area contributed by atoms with Crippen molar-refractivity contribution in [3.8, 4) is 6.07 Å². The van der Waals surface area contributed by atoms with Crippen LogP contribution in [0, 0.1) is 11.3 Å². The highest BCUT2D eigenvalue weighted by Gasteiger charge is 2.40. The number of Topliss-reactive ketones (excluding diaryl/α,β-unsaturated/α-hetero) is 2. The molecule has 1 heterocycles. The Morgan fingerprint density at radius 3 is 2.11 bits per heavy atom. The predicted octanol–water partition coefficient (Wildman–Crippen LogP) is 3.74. The molecule has 0 amide bonds. The van der Waals surface area contributed by atoms with Gasteiger partial charge in [-0.25, -0.2) is 0 Å². The molecule has 0 saturated carbocycles. The molecule has 1 N–H and O–H groups in total. The van der Waals surface area contributed by atoms with Crippen LogP contribution in [0.4, 0.5) is 5.69 Å². The number of hydrogen-bond donors (Lipinski definition) is 1. The van der Waals surface area contributed by atoms with E-state index in [0.29, 0.717) is 25.8 Å². The van der Waals surface area contributed by atoms with Gasteiger partial charge in [0.1, 0.15) is 0 Å². The first-order valence-electron chi connectivity index (χ1n) is 10.1. The fourth-order valence-corrected chi connectivity index (χ4v) is 4.58. The molecule has 0 spiro atoms. The number of benzene rings is 1. The van der Waals surface area contributed by atoms with Crippen LogP contribution in [0.25, 0.3) is 0 Å². The summed E-state index contributed by atoms with van der Waals surface area (Å²) < 4.78 is 0. The summed E-state index contributed by atoms with van der Waals surface area (Å²) in [5.74, 6) is 0.0862. The van der Waals surface area contributed by atoms with Gasteiger partial charge < -0.3 is 10.2 Å². The zero-order valence-electron chi connectivity index (χ0n) is 16.3. The van der Waals surface area contributed by atoms with E-state index in [9.17, 15) is 9.59 Å². The van der Waals surface area contributed by atoms with Gasteiger partial charge >= 0.3 is 0 Å². The molecule has 0 saturated heterocycles. The smallest absolute Gasteiger partial charge is 0.161 e. The van der Waals surface area contributed by atoms with Crippen molar-refractivity contribution in [1.29, 1.82) is 5.26 Å². The summed E-state index contributed by atoms with van der Waals surface area (Å²) in [6, 6.07) is 10.3. The molecule has 0 aromatic heterocycles. The number of carbonyl (C=O) groups is 2. The second-order valence-electron chi connectivity index (χ2n) is 7.82. The largest absolute Gasteiger partial charge is 0.374 e. The summed E-state index contributed by atoms with van der Waals surface area (Å²) in [6.07, 6.45) is 5.08. The van der Waals surface area contributed by atoms with Crippen molar-refractivity contribution < 1.29 is 9.59 Å². The second-order valence-corrected chi connectivity index (χ2v) is 7.82. The van der Waals surface area contributed by atoms with Crippen molar-refractivity contribution in [2.24, 2.45) is 0 Å². The van der Waals surface area contributed by atoms with Crippen molar-refractivity contribution in [3.63, 3.8) is 0 Å². The molecule has 28 heavy (non-hydrogen) atoms. The number of ketones is 2. The van der Waals surface area contributed by atoms with Crippen molar-refractivity contribution in [2.45, 2.75) is 50.9 Å². The molecule has 144 valence electrons. The summed E-state index contributed by atoms with van der Waals surface area (Å²) >= 11 is 0. The van der Waals surface area contributed by atoms with E-state index in [1.807, 2.05) is 36.2 Å². The van der Waals surface area contributed by atoms with E-state index in [-0.39, 0.29) is 17.5 Å². The lowest BCUT2D eigenvalue weighted by molar-refractivity contribution is -0.116. The normalized spacial score (nSPS) is 19.7. The van der Waals surface area contributed by atoms with E-state index in [2.05, 4.69) is 11.4 Å². The Labute approximate surface area is 165 Å². The maximum absolute atomic E-state index is 12.8. The lowest BCUT2D eigenvalue weighted by atomic mass is 9.71. The first-order chi connectivity index (χ1) is 13.6. The third-order valence-corrected chi connectivity index (χ3v) is 6.02. The molecular weight excluding hydrogens is 350 g/mol. The molecule has 5 nitrogen and oxygen atoms in total. The number of nitrogens with one attached hydrogen (secondary N) is 1.